The number of rotatable bonds is 0. The van der Waals surface area contributed by atoms with Crippen LogP contribution in [0.1, 0.15) is 18.4 Å². The van der Waals surface area contributed by atoms with Crippen LogP contribution < -0.4 is 10.6 Å². The van der Waals surface area contributed by atoms with E-state index in [9.17, 15) is 0 Å². The van der Waals surface area contributed by atoms with Gasteiger partial charge in [0.1, 0.15) is 0 Å². The fraction of sp³-hybridized carbons (Fsp3) is 0.455. The Morgan fingerprint density at radius 3 is 3.07 bits per heavy atom. The van der Waals surface area contributed by atoms with Gasteiger partial charge >= 0.3 is 0 Å². The molecule has 0 spiro atoms. The fourth-order valence-corrected chi connectivity index (χ4v) is 2.96. The van der Waals surface area contributed by atoms with Crippen molar-refractivity contribution < 1.29 is 0 Å². The molecule has 2 heterocycles. The molecule has 2 N–H and O–H groups in total. The highest BCUT2D eigenvalue weighted by Gasteiger charge is 2.38. The Morgan fingerprint density at radius 1 is 1.36 bits per heavy atom. The minimum Gasteiger partial charge on any atom is -0.353 e. The third-order valence-electron chi connectivity index (χ3n) is 3.36. The Balaban J connectivity index is 2.11. The minimum absolute atomic E-state index is 0.194. The normalized spacial score (nSPS) is 29.1. The van der Waals surface area contributed by atoms with Gasteiger partial charge in [-0.3, -0.25) is 0 Å². The second-order valence-electron chi connectivity index (χ2n) is 4.15. The highest BCUT2D eigenvalue weighted by atomic mass is 35.5. The zero-order valence-corrected chi connectivity index (χ0v) is 8.67. The molecule has 0 radical (unpaired) electrons. The van der Waals surface area contributed by atoms with E-state index in [1.54, 1.807) is 0 Å². The van der Waals surface area contributed by atoms with Crippen molar-refractivity contribution >= 4 is 17.3 Å². The lowest BCUT2D eigenvalue weighted by atomic mass is 10.1. The summed E-state index contributed by atoms with van der Waals surface area (Å²) in [4.78, 5) is 2.33. The standard InChI is InChI=1S/C11H13ClN2/c12-9-2-1-3-10-8(9)6-7-4-5-11(13)14(7)10/h1-3,7,11H,4-6,13H2. The molecular weight excluding hydrogens is 196 g/mol. The van der Waals surface area contributed by atoms with Crippen LogP contribution in [0.3, 0.4) is 0 Å². The summed E-state index contributed by atoms with van der Waals surface area (Å²) in [6, 6.07) is 6.70. The number of fused-ring (bicyclic) bond motifs is 3. The van der Waals surface area contributed by atoms with Crippen molar-refractivity contribution in [1.29, 1.82) is 0 Å². The van der Waals surface area contributed by atoms with Crippen molar-refractivity contribution in [1.82, 2.24) is 0 Å². The summed E-state index contributed by atoms with van der Waals surface area (Å²) < 4.78 is 0. The van der Waals surface area contributed by atoms with E-state index in [0.29, 0.717) is 6.04 Å². The predicted octanol–water partition coefficient (Wildman–Crippen LogP) is 2.15. The van der Waals surface area contributed by atoms with Crippen LogP contribution in [0.15, 0.2) is 18.2 Å². The topological polar surface area (TPSA) is 29.3 Å². The monoisotopic (exact) mass is 208 g/mol. The second kappa shape index (κ2) is 2.88. The molecule has 1 saturated heterocycles. The average Bonchev–Trinajstić information content (AvgIpc) is 2.68. The molecule has 2 aliphatic heterocycles. The Morgan fingerprint density at radius 2 is 2.21 bits per heavy atom. The first kappa shape index (κ1) is 8.57. The number of hydrogen-bond donors (Lipinski definition) is 1. The Kier molecular flexibility index (Phi) is 1.76. The van der Waals surface area contributed by atoms with Crippen LogP contribution in [-0.4, -0.2) is 12.2 Å². The maximum Gasteiger partial charge on any atom is 0.0775 e. The van der Waals surface area contributed by atoms with Crippen LogP contribution in [0.4, 0.5) is 5.69 Å². The molecule has 0 bridgehead atoms. The highest BCUT2D eigenvalue weighted by Crippen LogP contribution is 2.42. The Hall–Kier alpha value is -0.730. The van der Waals surface area contributed by atoms with Crippen molar-refractivity contribution in [3.63, 3.8) is 0 Å². The molecule has 74 valence electrons. The summed E-state index contributed by atoms with van der Waals surface area (Å²) in [7, 11) is 0. The Labute approximate surface area is 88.6 Å². The molecule has 1 fully saturated rings. The quantitative estimate of drug-likeness (QED) is 0.708. The molecule has 0 saturated carbocycles. The van der Waals surface area contributed by atoms with E-state index < -0.39 is 0 Å². The highest BCUT2D eigenvalue weighted by molar-refractivity contribution is 6.31. The molecule has 2 unspecified atom stereocenters. The van der Waals surface area contributed by atoms with Crippen LogP contribution >= 0.6 is 11.6 Å². The van der Waals surface area contributed by atoms with E-state index in [0.717, 1.165) is 17.9 Å². The lowest BCUT2D eigenvalue weighted by Crippen LogP contribution is -2.38. The fourth-order valence-electron chi connectivity index (χ4n) is 2.71. The molecule has 1 aromatic rings. The van der Waals surface area contributed by atoms with Crippen molar-refractivity contribution in [2.24, 2.45) is 5.73 Å². The zero-order valence-electron chi connectivity index (χ0n) is 7.91. The summed E-state index contributed by atoms with van der Waals surface area (Å²) in [6.45, 7) is 0. The number of anilines is 1. The van der Waals surface area contributed by atoms with E-state index in [-0.39, 0.29) is 6.17 Å². The van der Waals surface area contributed by atoms with E-state index >= 15 is 0 Å². The number of nitrogens with zero attached hydrogens (tertiary/aromatic N) is 1. The minimum atomic E-state index is 0.194. The van der Waals surface area contributed by atoms with Crippen LogP contribution in [0.2, 0.25) is 5.02 Å². The molecule has 0 aliphatic carbocycles. The molecule has 1 aromatic carbocycles. The largest absolute Gasteiger partial charge is 0.353 e. The van der Waals surface area contributed by atoms with Gasteiger partial charge in [-0.2, -0.15) is 0 Å². The molecule has 0 aromatic heterocycles. The molecule has 2 nitrogen and oxygen atoms in total. The number of halogens is 1. The van der Waals surface area contributed by atoms with Gasteiger partial charge in [-0.1, -0.05) is 17.7 Å². The number of hydrogen-bond acceptors (Lipinski definition) is 2. The molecule has 2 atom stereocenters. The lowest BCUT2D eigenvalue weighted by molar-refractivity contribution is 0.674. The van der Waals surface area contributed by atoms with Gasteiger partial charge in [-0.25, -0.2) is 0 Å². The summed E-state index contributed by atoms with van der Waals surface area (Å²) in [5, 5.41) is 0.893. The van der Waals surface area contributed by atoms with Crippen molar-refractivity contribution in [3.05, 3.63) is 28.8 Å². The van der Waals surface area contributed by atoms with E-state index in [1.807, 2.05) is 12.1 Å². The van der Waals surface area contributed by atoms with Crippen LogP contribution in [0, 0.1) is 0 Å². The average molecular weight is 209 g/mol. The maximum atomic E-state index is 6.16. The second-order valence-corrected chi connectivity index (χ2v) is 4.55. The Bertz CT molecular complexity index is 378. The number of nitrogens with two attached hydrogens (primary N) is 1. The summed E-state index contributed by atoms with van der Waals surface area (Å²) >= 11 is 6.16. The summed E-state index contributed by atoms with van der Waals surface area (Å²) in [5.74, 6) is 0. The SMILES string of the molecule is NC1CCC2Cc3c(Cl)cccc3N12. The summed E-state index contributed by atoms with van der Waals surface area (Å²) in [6.07, 6.45) is 3.57. The zero-order chi connectivity index (χ0) is 9.71. The molecule has 3 rings (SSSR count). The van der Waals surface area contributed by atoms with Gasteiger partial charge in [0.15, 0.2) is 0 Å². The maximum absolute atomic E-state index is 6.16. The third kappa shape index (κ3) is 1.01. The smallest absolute Gasteiger partial charge is 0.0775 e. The van der Waals surface area contributed by atoms with Gasteiger partial charge in [0.25, 0.3) is 0 Å². The van der Waals surface area contributed by atoms with E-state index in [2.05, 4.69) is 11.0 Å². The van der Waals surface area contributed by atoms with Crippen molar-refractivity contribution in [2.75, 3.05) is 4.90 Å². The summed E-state index contributed by atoms with van der Waals surface area (Å²) in [5.41, 5.74) is 8.61. The molecule has 2 aliphatic rings. The van der Waals surface area contributed by atoms with Gasteiger partial charge in [0, 0.05) is 16.8 Å². The van der Waals surface area contributed by atoms with Gasteiger partial charge in [-0.15, -0.1) is 0 Å². The van der Waals surface area contributed by atoms with Gasteiger partial charge < -0.3 is 10.6 Å². The predicted molar refractivity (Wildman–Crippen MR) is 58.6 cm³/mol. The molecule has 3 heteroatoms. The van der Waals surface area contributed by atoms with Crippen molar-refractivity contribution in [3.8, 4) is 0 Å². The van der Waals surface area contributed by atoms with Crippen molar-refractivity contribution in [2.45, 2.75) is 31.5 Å². The van der Waals surface area contributed by atoms with E-state index in [4.69, 9.17) is 17.3 Å². The van der Waals surface area contributed by atoms with Gasteiger partial charge in [0.05, 0.1) is 6.17 Å². The first-order chi connectivity index (χ1) is 6.77. The molecule has 0 amide bonds. The van der Waals surface area contributed by atoms with Gasteiger partial charge in [-0.05, 0) is 37.0 Å². The third-order valence-corrected chi connectivity index (χ3v) is 3.71. The molecular formula is C11H13ClN2. The number of benzene rings is 1. The first-order valence-electron chi connectivity index (χ1n) is 5.08. The van der Waals surface area contributed by atoms with Gasteiger partial charge in [0.2, 0.25) is 0 Å². The molecule has 14 heavy (non-hydrogen) atoms. The first-order valence-corrected chi connectivity index (χ1v) is 5.46. The lowest BCUT2D eigenvalue weighted by Gasteiger charge is -2.24. The van der Waals surface area contributed by atoms with Crippen LogP contribution in [0.5, 0.6) is 0 Å². The van der Waals surface area contributed by atoms with E-state index in [1.165, 1.54) is 17.7 Å². The van der Waals surface area contributed by atoms with Crippen LogP contribution in [0.25, 0.3) is 0 Å². The van der Waals surface area contributed by atoms with Crippen LogP contribution in [-0.2, 0) is 6.42 Å².